The smallest absolute Gasteiger partial charge is 0.352 e. The van der Waals surface area contributed by atoms with Gasteiger partial charge in [0, 0.05) is 24.2 Å². The molecular formula is C38H42ClNO8. The van der Waals surface area contributed by atoms with E-state index in [2.05, 4.69) is 0 Å². The molecule has 9 nitrogen and oxygen atoms in total. The van der Waals surface area contributed by atoms with E-state index in [0.717, 1.165) is 54.2 Å². The van der Waals surface area contributed by atoms with Crippen molar-refractivity contribution >= 4 is 35.1 Å². The number of carbonyl (C=O) groups is 2. The molecule has 10 heteroatoms. The van der Waals surface area contributed by atoms with E-state index >= 15 is 0 Å². The first-order chi connectivity index (χ1) is 23.1. The van der Waals surface area contributed by atoms with Crippen molar-refractivity contribution in [1.29, 1.82) is 0 Å². The van der Waals surface area contributed by atoms with Crippen LogP contribution in [0.2, 0.25) is 5.02 Å². The highest BCUT2D eigenvalue weighted by Crippen LogP contribution is 2.70. The van der Waals surface area contributed by atoms with Crippen molar-refractivity contribution in [2.45, 2.75) is 83.0 Å². The highest BCUT2D eigenvalue weighted by atomic mass is 35.5. The van der Waals surface area contributed by atoms with Crippen molar-refractivity contribution < 1.29 is 39.1 Å². The molecule has 254 valence electrons. The molecule has 2 saturated heterocycles. The Bertz CT molecular complexity index is 1700. The number of hydrogen-bond acceptors (Lipinski definition) is 7. The molecule has 1 spiro atoms. The molecule has 9 rings (SSSR count). The van der Waals surface area contributed by atoms with E-state index in [1.807, 2.05) is 62.4 Å². The summed E-state index contributed by atoms with van der Waals surface area (Å²) in [6.45, 7) is 5.64. The fraction of sp³-hybridized carbons (Fsp3) is 0.526. The SMILES string of the molecule is C/C=C/c1ccc(C2(OC)OOC23C2CC4CC(C2)CC3C4)c(Cl)c1OCc1ccc(C2=C(C(=O)O)N3C(=O)[C@H]([C@@H](C)O)[C@H]3[C@H]2C)cc1. The maximum Gasteiger partial charge on any atom is 0.352 e. The number of benzene rings is 2. The van der Waals surface area contributed by atoms with E-state index in [4.69, 9.17) is 30.8 Å². The van der Waals surface area contributed by atoms with Gasteiger partial charge in [-0.15, -0.1) is 0 Å². The minimum absolute atomic E-state index is 0.0100. The maximum atomic E-state index is 12.8. The third kappa shape index (κ3) is 4.24. The molecule has 2 aromatic carbocycles. The Morgan fingerprint density at radius 1 is 1.08 bits per heavy atom. The summed E-state index contributed by atoms with van der Waals surface area (Å²) in [7, 11) is 1.67. The minimum Gasteiger partial charge on any atom is -0.487 e. The molecule has 48 heavy (non-hydrogen) atoms. The molecule has 4 aliphatic carbocycles. The third-order valence-corrected chi connectivity index (χ3v) is 12.7. The van der Waals surface area contributed by atoms with Crippen LogP contribution in [0.15, 0.2) is 48.2 Å². The highest BCUT2D eigenvalue weighted by molar-refractivity contribution is 6.33. The van der Waals surface area contributed by atoms with Gasteiger partial charge in [-0.2, -0.15) is 4.89 Å². The number of hydrogen-bond donors (Lipinski definition) is 2. The molecule has 3 aliphatic heterocycles. The van der Waals surface area contributed by atoms with E-state index in [9.17, 15) is 19.8 Å². The van der Waals surface area contributed by atoms with Crippen LogP contribution in [0.3, 0.4) is 0 Å². The summed E-state index contributed by atoms with van der Waals surface area (Å²) in [5, 5.41) is 20.7. The van der Waals surface area contributed by atoms with Gasteiger partial charge in [0.1, 0.15) is 18.1 Å². The number of allylic oxidation sites excluding steroid dienone is 1. The molecule has 3 heterocycles. The number of nitrogens with zero attached hydrogens (tertiary/aromatic N) is 1. The molecule has 5 atom stereocenters. The summed E-state index contributed by atoms with van der Waals surface area (Å²) in [6.07, 6.45) is 8.84. The van der Waals surface area contributed by atoms with Crippen LogP contribution in [0.1, 0.15) is 75.1 Å². The number of carbonyl (C=O) groups excluding carboxylic acids is 1. The zero-order chi connectivity index (χ0) is 33.7. The third-order valence-electron chi connectivity index (χ3n) is 12.3. The van der Waals surface area contributed by atoms with E-state index in [1.54, 1.807) is 14.0 Å². The minimum atomic E-state index is -1.15. The van der Waals surface area contributed by atoms with Crippen LogP contribution >= 0.6 is 11.6 Å². The number of aliphatic hydroxyl groups is 1. The molecule has 1 unspecified atom stereocenters. The van der Waals surface area contributed by atoms with Gasteiger partial charge in [-0.1, -0.05) is 67.1 Å². The van der Waals surface area contributed by atoms with E-state index in [-0.39, 0.29) is 30.2 Å². The Hall–Kier alpha value is -3.21. The fourth-order valence-electron chi connectivity index (χ4n) is 10.5. The van der Waals surface area contributed by atoms with E-state index in [0.29, 0.717) is 33.7 Å². The Balaban J connectivity index is 1.08. The number of rotatable bonds is 9. The van der Waals surface area contributed by atoms with Crippen LogP contribution in [-0.2, 0) is 36.5 Å². The lowest BCUT2D eigenvalue weighted by Crippen LogP contribution is -2.76. The largest absolute Gasteiger partial charge is 0.487 e. The van der Waals surface area contributed by atoms with Gasteiger partial charge in [-0.05, 0) is 86.3 Å². The zero-order valence-corrected chi connectivity index (χ0v) is 28.4. The van der Waals surface area contributed by atoms with Crippen molar-refractivity contribution in [3.63, 3.8) is 0 Å². The number of ether oxygens (including phenoxy) is 2. The lowest BCUT2D eigenvalue weighted by molar-refractivity contribution is -0.645. The van der Waals surface area contributed by atoms with Gasteiger partial charge in [-0.3, -0.25) is 4.79 Å². The van der Waals surface area contributed by atoms with Crippen LogP contribution < -0.4 is 4.74 Å². The Kier molecular flexibility index (Phi) is 7.62. The van der Waals surface area contributed by atoms with Crippen molar-refractivity contribution in [2.24, 2.45) is 35.5 Å². The summed E-state index contributed by atoms with van der Waals surface area (Å²) >= 11 is 7.25. The second kappa shape index (κ2) is 11.4. The molecule has 0 aromatic heterocycles. The normalized spacial score (nSPS) is 36.8. The lowest BCUT2D eigenvalue weighted by Gasteiger charge is -2.68. The van der Waals surface area contributed by atoms with E-state index in [1.165, 1.54) is 11.3 Å². The van der Waals surface area contributed by atoms with Gasteiger partial charge in [0.05, 0.1) is 23.1 Å². The number of fused-ring (bicyclic) bond motifs is 1. The predicted molar refractivity (Wildman–Crippen MR) is 177 cm³/mol. The predicted octanol–water partition coefficient (Wildman–Crippen LogP) is 6.56. The van der Waals surface area contributed by atoms with Crippen molar-refractivity contribution in [2.75, 3.05) is 7.11 Å². The number of carboxylic acids is 1. The standard InChI is InChI=1S/C38H42ClNO8/c1-5-6-25-11-12-28(38(45-4)37(47-48-38)26-14-22-13-23(16-26)17-27(37)15-22)31(39)34(25)46-18-21-7-9-24(10-8-21)29-19(2)32-30(20(3)41)35(42)40(32)33(29)36(43)44/h5-12,19-20,22-23,26-27,30,32,41H,13-18H2,1-4H3,(H,43,44)/b6-5+/t19-,20+,22?,23?,26?,27?,30+,32+,37?,38?/m0/s1. The second-order valence-electron chi connectivity index (χ2n) is 14.7. The number of amides is 1. The van der Waals surface area contributed by atoms with Crippen molar-refractivity contribution in [3.05, 3.63) is 75.4 Å². The Labute approximate surface area is 285 Å². The molecule has 2 aromatic rings. The number of halogens is 1. The van der Waals surface area contributed by atoms with Gasteiger partial charge < -0.3 is 24.6 Å². The van der Waals surface area contributed by atoms with Gasteiger partial charge in [0.2, 0.25) is 5.91 Å². The van der Waals surface area contributed by atoms with Crippen molar-refractivity contribution in [1.82, 2.24) is 4.90 Å². The Morgan fingerprint density at radius 2 is 1.75 bits per heavy atom. The summed E-state index contributed by atoms with van der Waals surface area (Å²) in [6, 6.07) is 11.1. The molecule has 4 saturated carbocycles. The molecule has 0 radical (unpaired) electrons. The van der Waals surface area contributed by atoms with Gasteiger partial charge in [-0.25, -0.2) is 9.68 Å². The van der Waals surface area contributed by atoms with Crippen LogP contribution in [0, 0.1) is 35.5 Å². The van der Waals surface area contributed by atoms with Crippen LogP contribution in [0.5, 0.6) is 5.75 Å². The molecule has 1 amide bonds. The number of carboxylic acid groups (broad SMARTS) is 1. The number of aliphatic hydroxyl groups excluding tert-OH is 1. The van der Waals surface area contributed by atoms with E-state index < -0.39 is 29.4 Å². The molecule has 7 aliphatic rings. The number of aliphatic carboxylic acids is 1. The highest BCUT2D eigenvalue weighted by Gasteiger charge is 2.77. The number of methoxy groups -OCH3 is 1. The van der Waals surface area contributed by atoms with Crippen LogP contribution in [0.4, 0.5) is 0 Å². The summed E-state index contributed by atoms with van der Waals surface area (Å²) in [5.74, 6) is -0.781. The first kappa shape index (κ1) is 32.0. The zero-order valence-electron chi connectivity index (χ0n) is 27.6. The first-order valence-electron chi connectivity index (χ1n) is 17.1. The monoisotopic (exact) mass is 675 g/mol. The quantitative estimate of drug-likeness (QED) is 0.227. The summed E-state index contributed by atoms with van der Waals surface area (Å²) in [5.41, 5.74) is 3.12. The average molecular weight is 676 g/mol. The van der Waals surface area contributed by atoms with Crippen LogP contribution in [0.25, 0.3) is 11.6 Å². The first-order valence-corrected chi connectivity index (χ1v) is 17.5. The molecule has 6 fully saturated rings. The topological polar surface area (TPSA) is 115 Å². The fourth-order valence-corrected chi connectivity index (χ4v) is 10.9. The van der Waals surface area contributed by atoms with Gasteiger partial charge >= 0.3 is 5.97 Å². The maximum absolute atomic E-state index is 12.8. The number of β-lactam (4-membered cyclic amide) rings is 1. The van der Waals surface area contributed by atoms with Gasteiger partial charge in [0.25, 0.3) is 5.79 Å². The summed E-state index contributed by atoms with van der Waals surface area (Å²) < 4.78 is 12.8. The van der Waals surface area contributed by atoms with Gasteiger partial charge in [0.15, 0.2) is 5.60 Å². The average Bonchev–Trinajstić information content (AvgIpc) is 3.30. The molecular weight excluding hydrogens is 634 g/mol. The lowest BCUT2D eigenvalue weighted by atomic mass is 9.47. The van der Waals surface area contributed by atoms with Crippen LogP contribution in [-0.4, -0.2) is 51.8 Å². The van der Waals surface area contributed by atoms with Crippen molar-refractivity contribution in [3.8, 4) is 5.75 Å². The summed E-state index contributed by atoms with van der Waals surface area (Å²) in [4.78, 5) is 38.6. The Morgan fingerprint density at radius 3 is 2.29 bits per heavy atom. The molecule has 2 N–H and O–H groups in total. The second-order valence-corrected chi connectivity index (χ2v) is 15.1. The molecule has 4 bridgehead atoms.